The number of fused-ring (bicyclic) bond motifs is 1. The molecule has 2 aliphatic heterocycles. The van der Waals surface area contributed by atoms with Gasteiger partial charge < -0.3 is 19.9 Å². The molecule has 1 N–H and O–H groups in total. The molecule has 0 aromatic heterocycles. The van der Waals surface area contributed by atoms with Crippen LogP contribution in [-0.4, -0.2) is 49.0 Å². The van der Waals surface area contributed by atoms with Gasteiger partial charge in [-0.1, -0.05) is 48.5 Å². The molecule has 6 nitrogen and oxygen atoms in total. The first kappa shape index (κ1) is 25.0. The number of rotatable bonds is 9. The lowest BCUT2D eigenvalue weighted by Crippen LogP contribution is -2.50. The van der Waals surface area contributed by atoms with E-state index >= 15 is 0 Å². The third-order valence-corrected chi connectivity index (χ3v) is 7.28. The quantitative estimate of drug-likeness (QED) is 0.430. The summed E-state index contributed by atoms with van der Waals surface area (Å²) < 4.78 is 5.86. The van der Waals surface area contributed by atoms with Gasteiger partial charge in [-0.25, -0.2) is 0 Å². The minimum absolute atomic E-state index is 0.0421. The fourth-order valence-corrected chi connectivity index (χ4v) is 5.27. The first-order valence-corrected chi connectivity index (χ1v) is 13.4. The van der Waals surface area contributed by atoms with Crippen molar-refractivity contribution in [3.05, 3.63) is 95.6 Å². The number of amides is 2. The molecular weight excluding hydrogens is 462 g/mol. The molecule has 6 heteroatoms. The highest BCUT2D eigenvalue weighted by atomic mass is 16.5. The van der Waals surface area contributed by atoms with E-state index in [0.29, 0.717) is 31.7 Å². The van der Waals surface area contributed by atoms with Crippen molar-refractivity contribution in [3.63, 3.8) is 0 Å². The summed E-state index contributed by atoms with van der Waals surface area (Å²) in [6.45, 7) is 3.68. The second-order valence-electron chi connectivity index (χ2n) is 9.80. The number of hydrogen-bond donors (Lipinski definition) is 1. The second-order valence-corrected chi connectivity index (χ2v) is 9.80. The lowest BCUT2D eigenvalue weighted by Gasteiger charge is -2.41. The number of para-hydroxylation sites is 1. The van der Waals surface area contributed by atoms with Crippen molar-refractivity contribution in [3.8, 4) is 5.75 Å². The first-order chi connectivity index (χ1) is 18.2. The number of aryl methyl sites for hydroxylation is 1. The van der Waals surface area contributed by atoms with Crippen LogP contribution in [0.25, 0.3) is 0 Å². The maximum Gasteiger partial charge on any atom is 0.253 e. The predicted octanol–water partition coefficient (Wildman–Crippen LogP) is 4.83. The predicted molar refractivity (Wildman–Crippen MR) is 146 cm³/mol. The van der Waals surface area contributed by atoms with Crippen molar-refractivity contribution >= 4 is 17.5 Å². The maximum absolute atomic E-state index is 13.1. The first-order valence-electron chi connectivity index (χ1n) is 13.4. The van der Waals surface area contributed by atoms with Gasteiger partial charge in [0.05, 0.1) is 6.61 Å². The molecule has 0 saturated carbocycles. The Morgan fingerprint density at radius 2 is 1.62 bits per heavy atom. The zero-order chi connectivity index (χ0) is 25.5. The molecule has 3 aromatic rings. The molecule has 2 heterocycles. The summed E-state index contributed by atoms with van der Waals surface area (Å²) in [7, 11) is 0. The van der Waals surface area contributed by atoms with E-state index in [1.54, 1.807) is 0 Å². The van der Waals surface area contributed by atoms with Gasteiger partial charge in [0, 0.05) is 43.3 Å². The van der Waals surface area contributed by atoms with E-state index < -0.39 is 0 Å². The van der Waals surface area contributed by atoms with Crippen molar-refractivity contribution in [2.75, 3.05) is 31.1 Å². The van der Waals surface area contributed by atoms with Gasteiger partial charge in [0.15, 0.2) is 0 Å². The van der Waals surface area contributed by atoms with Crippen molar-refractivity contribution < 1.29 is 14.3 Å². The molecule has 0 atom stereocenters. The number of anilines is 1. The Labute approximate surface area is 219 Å². The summed E-state index contributed by atoms with van der Waals surface area (Å²) in [6.07, 6.45) is 3.88. The summed E-state index contributed by atoms with van der Waals surface area (Å²) in [4.78, 5) is 29.7. The van der Waals surface area contributed by atoms with E-state index in [4.69, 9.17) is 4.74 Å². The smallest absolute Gasteiger partial charge is 0.253 e. The second kappa shape index (κ2) is 12.1. The normalized spacial score (nSPS) is 15.9. The molecule has 3 aromatic carbocycles. The van der Waals surface area contributed by atoms with Crippen LogP contribution in [0.2, 0.25) is 0 Å². The number of benzene rings is 3. The monoisotopic (exact) mass is 497 g/mol. The van der Waals surface area contributed by atoms with E-state index in [9.17, 15) is 9.59 Å². The van der Waals surface area contributed by atoms with Crippen molar-refractivity contribution in [1.29, 1.82) is 0 Å². The van der Waals surface area contributed by atoms with Crippen LogP contribution in [0.1, 0.15) is 47.2 Å². The molecule has 1 fully saturated rings. The standard InChI is InChI=1S/C31H35N3O3/c35-30-16-13-25-9-4-5-10-29(25)34(30)27-17-20-33(21-18-27)31(36)26-11-14-28(15-12-26)37-22-6-19-32-23-24-7-2-1-3-8-24/h1-5,7-12,14-15,27,32H,6,13,16-23H2. The van der Waals surface area contributed by atoms with Gasteiger partial charge in [-0.3, -0.25) is 9.59 Å². The zero-order valence-electron chi connectivity index (χ0n) is 21.3. The lowest BCUT2D eigenvalue weighted by atomic mass is 9.95. The van der Waals surface area contributed by atoms with Gasteiger partial charge in [-0.2, -0.15) is 0 Å². The summed E-state index contributed by atoms with van der Waals surface area (Å²) in [6, 6.07) is 26.2. The van der Waals surface area contributed by atoms with E-state index in [2.05, 4.69) is 29.6 Å². The highest BCUT2D eigenvalue weighted by molar-refractivity contribution is 5.97. The maximum atomic E-state index is 13.1. The molecule has 192 valence electrons. The largest absolute Gasteiger partial charge is 0.494 e. The van der Waals surface area contributed by atoms with Crippen LogP contribution in [-0.2, 0) is 17.8 Å². The summed E-state index contributed by atoms with van der Waals surface area (Å²) in [5.41, 5.74) is 4.24. The van der Waals surface area contributed by atoms with Crippen molar-refractivity contribution in [2.45, 2.75) is 44.7 Å². The minimum atomic E-state index is 0.0421. The molecule has 2 amide bonds. The number of nitrogens with one attached hydrogen (secondary N) is 1. The SMILES string of the molecule is O=C(c1ccc(OCCCNCc2ccccc2)cc1)N1CCC(N2C(=O)CCc3ccccc32)CC1. The average molecular weight is 498 g/mol. The van der Waals surface area contributed by atoms with E-state index in [1.165, 1.54) is 11.1 Å². The third-order valence-electron chi connectivity index (χ3n) is 7.28. The average Bonchev–Trinajstić information content (AvgIpc) is 2.95. The fraction of sp³-hybridized carbons (Fsp3) is 0.355. The Hall–Kier alpha value is -3.64. The molecule has 2 aliphatic rings. The van der Waals surface area contributed by atoms with Crippen LogP contribution in [0, 0.1) is 0 Å². The van der Waals surface area contributed by atoms with Gasteiger partial charge in [0.1, 0.15) is 5.75 Å². The highest BCUT2D eigenvalue weighted by Gasteiger charge is 2.33. The van der Waals surface area contributed by atoms with Crippen LogP contribution in [0.15, 0.2) is 78.9 Å². The molecule has 1 saturated heterocycles. The third kappa shape index (κ3) is 6.20. The van der Waals surface area contributed by atoms with Crippen molar-refractivity contribution in [2.24, 2.45) is 0 Å². The Kier molecular flexibility index (Phi) is 8.16. The van der Waals surface area contributed by atoms with Crippen molar-refractivity contribution in [1.82, 2.24) is 10.2 Å². The van der Waals surface area contributed by atoms with Gasteiger partial charge in [0.25, 0.3) is 5.91 Å². The Morgan fingerprint density at radius 1 is 0.892 bits per heavy atom. The van der Waals surface area contributed by atoms with Gasteiger partial charge >= 0.3 is 0 Å². The number of hydrogen-bond acceptors (Lipinski definition) is 4. The molecule has 0 unspecified atom stereocenters. The van der Waals surface area contributed by atoms with E-state index in [1.807, 2.05) is 64.4 Å². The molecule has 0 spiro atoms. The lowest BCUT2D eigenvalue weighted by molar-refractivity contribution is -0.119. The Morgan fingerprint density at radius 3 is 2.41 bits per heavy atom. The highest BCUT2D eigenvalue weighted by Crippen LogP contribution is 2.32. The van der Waals surface area contributed by atoms with Gasteiger partial charge in [-0.15, -0.1) is 0 Å². The van der Waals surface area contributed by atoms with Crippen LogP contribution < -0.4 is 15.0 Å². The summed E-state index contributed by atoms with van der Waals surface area (Å²) in [5, 5.41) is 3.43. The van der Waals surface area contributed by atoms with Gasteiger partial charge in [-0.05, 0) is 73.7 Å². The topological polar surface area (TPSA) is 61.9 Å². The molecule has 5 rings (SSSR count). The number of carbonyl (C=O) groups is 2. The Balaban J connectivity index is 1.06. The Bertz CT molecular complexity index is 1190. The molecule has 0 aliphatic carbocycles. The van der Waals surface area contributed by atoms with Crippen LogP contribution >= 0.6 is 0 Å². The number of likely N-dealkylation sites (tertiary alicyclic amines) is 1. The van der Waals surface area contributed by atoms with E-state index in [0.717, 1.165) is 50.2 Å². The number of nitrogens with zero attached hydrogens (tertiary/aromatic N) is 2. The van der Waals surface area contributed by atoms with Gasteiger partial charge in [0.2, 0.25) is 5.91 Å². The molecule has 0 bridgehead atoms. The van der Waals surface area contributed by atoms with Crippen LogP contribution in [0.5, 0.6) is 5.75 Å². The summed E-state index contributed by atoms with van der Waals surface area (Å²) in [5.74, 6) is 1.02. The molecule has 37 heavy (non-hydrogen) atoms. The number of ether oxygens (including phenoxy) is 1. The van der Waals surface area contributed by atoms with Crippen LogP contribution in [0.3, 0.4) is 0 Å². The number of piperidine rings is 1. The zero-order valence-corrected chi connectivity index (χ0v) is 21.3. The minimum Gasteiger partial charge on any atom is -0.494 e. The van der Waals surface area contributed by atoms with E-state index in [-0.39, 0.29) is 17.9 Å². The summed E-state index contributed by atoms with van der Waals surface area (Å²) >= 11 is 0. The number of carbonyl (C=O) groups excluding carboxylic acids is 2. The van der Waals surface area contributed by atoms with Crippen LogP contribution in [0.4, 0.5) is 5.69 Å². The molecular formula is C31H35N3O3. The fourth-order valence-electron chi connectivity index (χ4n) is 5.27. The molecule has 0 radical (unpaired) electrons.